The minimum atomic E-state index is -0.489. The quantitative estimate of drug-likeness (QED) is 0.435. The minimum absolute atomic E-state index is 0. The number of hydrogen-bond acceptors (Lipinski definition) is 0. The van der Waals surface area contributed by atoms with E-state index in [-0.39, 0.29) is 24.0 Å². The van der Waals surface area contributed by atoms with Crippen LogP contribution in [0.2, 0.25) is 13.9 Å². The summed E-state index contributed by atoms with van der Waals surface area (Å²) >= 11 is -0.489. The van der Waals surface area contributed by atoms with E-state index in [4.69, 9.17) is 0 Å². The summed E-state index contributed by atoms with van der Waals surface area (Å²) in [7, 11) is 0. The summed E-state index contributed by atoms with van der Waals surface area (Å²) in [6, 6.07) is 0. The molecule has 0 saturated heterocycles. The third-order valence-corrected chi connectivity index (χ3v) is 6.32. The molecule has 0 bridgehead atoms. The van der Waals surface area contributed by atoms with E-state index < -0.39 is 19.6 Å². The molecular formula is C5H13ITe. The third-order valence-electron chi connectivity index (χ3n) is 0.943. The molecule has 0 aromatic carbocycles. The first kappa shape index (κ1) is 11.3. The zero-order valence-corrected chi connectivity index (χ0v) is 9.85. The van der Waals surface area contributed by atoms with Crippen LogP contribution in [0.15, 0.2) is 0 Å². The summed E-state index contributed by atoms with van der Waals surface area (Å²) in [5.74, 6) is 0. The molecule has 0 rings (SSSR count). The topological polar surface area (TPSA) is 0 Å². The van der Waals surface area contributed by atoms with Crippen molar-refractivity contribution < 1.29 is 24.0 Å². The summed E-state index contributed by atoms with van der Waals surface area (Å²) in [5.41, 5.74) is 0. The van der Waals surface area contributed by atoms with Crippen LogP contribution in [-0.2, 0) is 0 Å². The van der Waals surface area contributed by atoms with Gasteiger partial charge in [-0.3, -0.25) is 0 Å². The van der Waals surface area contributed by atoms with Crippen molar-refractivity contribution in [1.29, 1.82) is 0 Å². The molecule has 2 heteroatoms. The molecule has 0 saturated carbocycles. The van der Waals surface area contributed by atoms with Crippen molar-refractivity contribution in [3.63, 3.8) is 0 Å². The van der Waals surface area contributed by atoms with Crippen molar-refractivity contribution >= 4 is 19.6 Å². The number of hydrogen-bond donors (Lipinski definition) is 0. The molecule has 0 amide bonds. The van der Waals surface area contributed by atoms with Gasteiger partial charge in [-0.2, -0.15) is 0 Å². The molecule has 0 atom stereocenters. The Morgan fingerprint density at radius 1 is 1.14 bits per heavy atom. The summed E-state index contributed by atoms with van der Waals surface area (Å²) in [5, 5.41) is 0. The van der Waals surface area contributed by atoms with Gasteiger partial charge < -0.3 is 24.0 Å². The van der Waals surface area contributed by atoms with E-state index in [1.807, 2.05) is 0 Å². The van der Waals surface area contributed by atoms with Crippen molar-refractivity contribution in [3.05, 3.63) is 0 Å². The van der Waals surface area contributed by atoms with Gasteiger partial charge in [0.05, 0.1) is 0 Å². The molecule has 0 aliphatic heterocycles. The van der Waals surface area contributed by atoms with Crippen LogP contribution in [0.3, 0.4) is 0 Å². The van der Waals surface area contributed by atoms with E-state index in [0.717, 1.165) is 3.97 Å². The third kappa shape index (κ3) is 7.52. The maximum absolute atomic E-state index is 2.41. The summed E-state index contributed by atoms with van der Waals surface area (Å²) in [6.45, 7) is 4.63. The maximum Gasteiger partial charge on any atom is -1.00 e. The van der Waals surface area contributed by atoms with Gasteiger partial charge in [-0.05, 0) is 0 Å². The van der Waals surface area contributed by atoms with Crippen LogP contribution in [0, 0.1) is 0 Å². The van der Waals surface area contributed by atoms with Gasteiger partial charge in [-0.25, -0.2) is 0 Å². The van der Waals surface area contributed by atoms with Gasteiger partial charge in [0.1, 0.15) is 0 Å². The van der Waals surface area contributed by atoms with Crippen molar-refractivity contribution in [3.8, 4) is 0 Å². The Hall–Kier alpha value is 1.52. The second kappa shape index (κ2) is 5.65. The predicted molar refractivity (Wildman–Crippen MR) is 32.6 cm³/mol. The second-order valence-electron chi connectivity index (χ2n) is 1.93. The van der Waals surface area contributed by atoms with E-state index in [2.05, 4.69) is 23.8 Å². The number of rotatable bonds is 1. The fraction of sp³-hybridized carbons (Fsp3) is 1.00. The Morgan fingerprint density at radius 2 is 1.29 bits per heavy atom. The molecule has 0 heterocycles. The van der Waals surface area contributed by atoms with Crippen LogP contribution >= 0.6 is 0 Å². The smallest absolute Gasteiger partial charge is 1.00 e. The van der Waals surface area contributed by atoms with Gasteiger partial charge >= 0.3 is 47.3 Å². The molecule has 46 valence electrons. The van der Waals surface area contributed by atoms with Crippen LogP contribution in [-0.4, -0.2) is 19.6 Å². The zero-order valence-electron chi connectivity index (χ0n) is 5.36. The average Bonchev–Trinajstić information content (AvgIpc) is 1.36. The standard InChI is InChI=1S/C5H13Te.HI/c1-5(2)6(3)4;/h5H,1-4H3;1H/q+1;/p-1. The Morgan fingerprint density at radius 3 is 1.29 bits per heavy atom. The molecule has 0 nitrogen and oxygen atoms in total. The van der Waals surface area contributed by atoms with Crippen molar-refractivity contribution in [2.45, 2.75) is 27.8 Å². The van der Waals surface area contributed by atoms with Gasteiger partial charge in [-0.1, -0.05) is 0 Å². The monoisotopic (exact) mass is 330 g/mol. The van der Waals surface area contributed by atoms with Gasteiger partial charge in [0.2, 0.25) is 0 Å². The molecule has 0 aromatic rings. The molecule has 0 aromatic heterocycles. The van der Waals surface area contributed by atoms with Crippen LogP contribution in [0.25, 0.3) is 0 Å². The van der Waals surface area contributed by atoms with Crippen molar-refractivity contribution in [2.75, 3.05) is 0 Å². The SMILES string of the molecule is CC(C)[Te+](C)C.[I-]. The second-order valence-corrected chi connectivity index (χ2v) is 9.64. The molecule has 0 aliphatic carbocycles. The molecule has 0 aliphatic rings. The maximum atomic E-state index is 2.41. The fourth-order valence-corrected chi connectivity index (χ4v) is 0. The predicted octanol–water partition coefficient (Wildman–Crippen LogP) is -0.845. The van der Waals surface area contributed by atoms with Crippen LogP contribution in [0.4, 0.5) is 0 Å². The van der Waals surface area contributed by atoms with Crippen LogP contribution < -0.4 is 24.0 Å². The Kier molecular flexibility index (Phi) is 9.15. The van der Waals surface area contributed by atoms with Crippen LogP contribution in [0.5, 0.6) is 0 Å². The summed E-state index contributed by atoms with van der Waals surface area (Å²) in [6.07, 6.45) is 0. The largest absolute Gasteiger partial charge is 1.00 e. The van der Waals surface area contributed by atoms with E-state index in [1.54, 1.807) is 0 Å². The molecule has 7 heavy (non-hydrogen) atoms. The molecule has 0 fully saturated rings. The molecule has 0 N–H and O–H groups in total. The summed E-state index contributed by atoms with van der Waals surface area (Å²) in [4.78, 5) is 4.82. The van der Waals surface area contributed by atoms with Crippen LogP contribution in [0.1, 0.15) is 13.8 Å². The zero-order chi connectivity index (χ0) is 5.15. The van der Waals surface area contributed by atoms with Gasteiger partial charge in [-0.15, -0.1) is 0 Å². The van der Waals surface area contributed by atoms with E-state index in [0.29, 0.717) is 0 Å². The van der Waals surface area contributed by atoms with Gasteiger partial charge in [0.15, 0.2) is 0 Å². The van der Waals surface area contributed by atoms with E-state index in [9.17, 15) is 0 Å². The molecule has 0 spiro atoms. The first-order chi connectivity index (χ1) is 2.64. The number of halogens is 1. The molecule has 0 radical (unpaired) electrons. The van der Waals surface area contributed by atoms with Crippen molar-refractivity contribution in [2.24, 2.45) is 0 Å². The first-order valence-electron chi connectivity index (χ1n) is 2.21. The first-order valence-corrected chi connectivity index (χ1v) is 8.21. The van der Waals surface area contributed by atoms with E-state index in [1.165, 1.54) is 0 Å². The minimum Gasteiger partial charge on any atom is -1.00 e. The Labute approximate surface area is 70.7 Å². The van der Waals surface area contributed by atoms with Crippen molar-refractivity contribution in [1.82, 2.24) is 0 Å². The van der Waals surface area contributed by atoms with Gasteiger partial charge in [0, 0.05) is 0 Å². The molecular weight excluding hydrogens is 315 g/mol. The van der Waals surface area contributed by atoms with Gasteiger partial charge in [0.25, 0.3) is 0 Å². The summed E-state index contributed by atoms with van der Waals surface area (Å²) < 4.78 is 1.02. The Balaban J connectivity index is 0. The average molecular weight is 328 g/mol. The normalized spacial score (nSPS) is 9.43. The fourth-order valence-electron chi connectivity index (χ4n) is 0. The molecule has 0 unspecified atom stereocenters. The Bertz CT molecular complexity index is 29.1. The van der Waals surface area contributed by atoms with E-state index >= 15 is 0 Å².